The second-order valence-corrected chi connectivity index (χ2v) is 9.55. The Kier molecular flexibility index (Phi) is 7.69. The Balaban J connectivity index is 1.49. The topological polar surface area (TPSA) is 55.8 Å². The molecule has 0 radical (unpaired) electrons. The number of hydrogen-bond donors (Lipinski definition) is 2. The van der Waals surface area contributed by atoms with Gasteiger partial charge in [-0.1, -0.05) is 56.0 Å². The fourth-order valence-electron chi connectivity index (χ4n) is 4.99. The molecule has 2 saturated heterocycles. The lowest BCUT2D eigenvalue weighted by atomic mass is 9.74. The minimum Gasteiger partial charge on any atom is -0.395 e. The van der Waals surface area contributed by atoms with Gasteiger partial charge in [-0.05, 0) is 55.1 Å². The van der Waals surface area contributed by atoms with Crippen LogP contribution in [0.3, 0.4) is 0 Å². The van der Waals surface area contributed by atoms with Crippen LogP contribution in [-0.4, -0.2) is 59.3 Å². The van der Waals surface area contributed by atoms with E-state index in [1.807, 2.05) is 35.2 Å². The molecule has 5 heteroatoms. The summed E-state index contributed by atoms with van der Waals surface area (Å²) in [6.07, 6.45) is 2.89. The van der Waals surface area contributed by atoms with E-state index in [2.05, 4.69) is 60.2 Å². The van der Waals surface area contributed by atoms with Crippen LogP contribution >= 0.6 is 0 Å². The molecule has 0 unspecified atom stereocenters. The molecule has 0 spiro atoms. The molecule has 33 heavy (non-hydrogen) atoms. The van der Waals surface area contributed by atoms with Crippen LogP contribution in [0.15, 0.2) is 54.6 Å². The standard InChI is InChI=1S/C28H35N3O2/c1-21(2)9-8-10-22-13-15-23(16-14-22)27-25-19-30(17-6-7-18-31(25)26(27)20-32)28(33)29-24-11-4-3-5-12-24/h3-5,11-16,21,25-27,32H,6-7,9,17-20H2,1-2H3,(H,29,33)/t25-,26-,27-/m1/s1. The molecule has 2 amide bonds. The number of rotatable bonds is 4. The number of amides is 2. The zero-order valence-corrected chi connectivity index (χ0v) is 19.7. The van der Waals surface area contributed by atoms with E-state index < -0.39 is 0 Å². The Bertz CT molecular complexity index is 978. The average Bonchev–Trinajstić information content (AvgIpc) is 2.79. The van der Waals surface area contributed by atoms with Crippen molar-refractivity contribution in [1.29, 1.82) is 0 Å². The predicted octanol–water partition coefficient (Wildman–Crippen LogP) is 4.54. The second-order valence-electron chi connectivity index (χ2n) is 9.55. The number of anilines is 1. The summed E-state index contributed by atoms with van der Waals surface area (Å²) in [5.41, 5.74) is 3.06. The molecule has 2 aliphatic rings. The molecule has 2 fully saturated rings. The Morgan fingerprint density at radius 3 is 2.52 bits per heavy atom. The molecule has 2 aromatic carbocycles. The zero-order chi connectivity index (χ0) is 23.2. The molecule has 2 aromatic rings. The van der Waals surface area contributed by atoms with Crippen molar-refractivity contribution in [2.75, 3.05) is 31.6 Å². The average molecular weight is 446 g/mol. The van der Waals surface area contributed by atoms with Crippen molar-refractivity contribution in [1.82, 2.24) is 9.80 Å². The van der Waals surface area contributed by atoms with Crippen LogP contribution in [0.2, 0.25) is 0 Å². The number of nitrogens with zero attached hydrogens (tertiary/aromatic N) is 2. The van der Waals surface area contributed by atoms with E-state index in [9.17, 15) is 9.90 Å². The lowest BCUT2D eigenvalue weighted by molar-refractivity contribution is -0.0585. The van der Waals surface area contributed by atoms with Gasteiger partial charge in [0, 0.05) is 48.8 Å². The zero-order valence-electron chi connectivity index (χ0n) is 19.7. The quantitative estimate of drug-likeness (QED) is 0.680. The Morgan fingerprint density at radius 2 is 1.82 bits per heavy atom. The highest BCUT2D eigenvalue weighted by molar-refractivity contribution is 5.89. The summed E-state index contributed by atoms with van der Waals surface area (Å²) >= 11 is 0. The summed E-state index contributed by atoms with van der Waals surface area (Å²) in [5, 5.41) is 13.2. The van der Waals surface area contributed by atoms with Crippen molar-refractivity contribution in [3.05, 3.63) is 65.7 Å². The van der Waals surface area contributed by atoms with Crippen molar-refractivity contribution in [3.63, 3.8) is 0 Å². The molecule has 174 valence electrons. The van der Waals surface area contributed by atoms with Crippen LogP contribution in [0, 0.1) is 17.8 Å². The van der Waals surface area contributed by atoms with E-state index in [1.165, 1.54) is 5.56 Å². The number of benzene rings is 2. The van der Waals surface area contributed by atoms with Crippen LogP contribution in [-0.2, 0) is 0 Å². The number of nitrogens with one attached hydrogen (secondary N) is 1. The largest absolute Gasteiger partial charge is 0.395 e. The van der Waals surface area contributed by atoms with E-state index in [1.54, 1.807) is 0 Å². The van der Waals surface area contributed by atoms with Gasteiger partial charge in [0.05, 0.1) is 6.61 Å². The molecular formula is C28H35N3O2. The molecule has 4 rings (SSSR count). The van der Waals surface area contributed by atoms with Crippen LogP contribution in [0.1, 0.15) is 50.2 Å². The molecule has 0 bridgehead atoms. The SMILES string of the molecule is CC(C)CC#Cc1ccc([C@H]2[C@@H](CO)N3CCCCN(C(=O)Nc4ccccc4)C[C@H]23)cc1. The molecule has 0 aliphatic carbocycles. The van der Waals surface area contributed by atoms with Crippen molar-refractivity contribution in [2.45, 2.75) is 51.1 Å². The third kappa shape index (κ3) is 5.58. The van der Waals surface area contributed by atoms with Gasteiger partial charge in [-0.15, -0.1) is 0 Å². The highest BCUT2D eigenvalue weighted by Gasteiger charge is 2.49. The van der Waals surface area contributed by atoms with Gasteiger partial charge >= 0.3 is 6.03 Å². The molecule has 2 heterocycles. The molecular weight excluding hydrogens is 410 g/mol. The van der Waals surface area contributed by atoms with Crippen LogP contribution < -0.4 is 5.32 Å². The van der Waals surface area contributed by atoms with Crippen LogP contribution in [0.4, 0.5) is 10.5 Å². The molecule has 3 atom stereocenters. The van der Waals surface area contributed by atoms with Crippen molar-refractivity contribution < 1.29 is 9.90 Å². The first-order valence-corrected chi connectivity index (χ1v) is 12.1. The Hall–Kier alpha value is -2.81. The van der Waals surface area contributed by atoms with Crippen LogP contribution in [0.25, 0.3) is 0 Å². The van der Waals surface area contributed by atoms with Crippen LogP contribution in [0.5, 0.6) is 0 Å². The first kappa shape index (κ1) is 23.4. The van der Waals surface area contributed by atoms with Crippen molar-refractivity contribution in [2.24, 2.45) is 5.92 Å². The maximum absolute atomic E-state index is 13.0. The number of carbonyl (C=O) groups is 1. The van der Waals surface area contributed by atoms with E-state index >= 15 is 0 Å². The van der Waals surface area contributed by atoms with E-state index in [-0.39, 0.29) is 30.6 Å². The fraction of sp³-hybridized carbons (Fsp3) is 0.464. The minimum atomic E-state index is -0.0509. The summed E-state index contributed by atoms with van der Waals surface area (Å²) in [4.78, 5) is 17.4. The van der Waals surface area contributed by atoms with Gasteiger partial charge in [-0.25, -0.2) is 4.79 Å². The smallest absolute Gasteiger partial charge is 0.321 e. The molecule has 0 aromatic heterocycles. The summed E-state index contributed by atoms with van der Waals surface area (Å²) in [7, 11) is 0. The van der Waals surface area contributed by atoms with Gasteiger partial charge < -0.3 is 15.3 Å². The normalized spacial score (nSPS) is 22.9. The third-order valence-electron chi connectivity index (χ3n) is 6.72. The van der Waals surface area contributed by atoms with Gasteiger partial charge in [-0.3, -0.25) is 4.90 Å². The van der Waals surface area contributed by atoms with Gasteiger partial charge in [0.2, 0.25) is 0 Å². The van der Waals surface area contributed by atoms with Crippen molar-refractivity contribution >= 4 is 11.7 Å². The Labute approximate surface area is 197 Å². The minimum absolute atomic E-state index is 0.0509. The Morgan fingerprint density at radius 1 is 1.09 bits per heavy atom. The second kappa shape index (κ2) is 10.9. The molecule has 2 N–H and O–H groups in total. The monoisotopic (exact) mass is 445 g/mol. The lowest BCUT2D eigenvalue weighted by Gasteiger charge is -2.57. The van der Waals surface area contributed by atoms with Gasteiger partial charge in [-0.2, -0.15) is 0 Å². The summed E-state index contributed by atoms with van der Waals surface area (Å²) < 4.78 is 0. The highest BCUT2D eigenvalue weighted by atomic mass is 16.3. The van der Waals surface area contributed by atoms with Crippen molar-refractivity contribution in [3.8, 4) is 11.8 Å². The first-order chi connectivity index (χ1) is 16.1. The van der Waals surface area contributed by atoms with E-state index in [4.69, 9.17) is 0 Å². The number of fused-ring (bicyclic) bond motifs is 1. The number of urea groups is 1. The van der Waals surface area contributed by atoms with Gasteiger partial charge in [0.1, 0.15) is 0 Å². The maximum atomic E-state index is 13.0. The predicted molar refractivity (Wildman–Crippen MR) is 133 cm³/mol. The number of aliphatic hydroxyl groups excluding tert-OH is 1. The van der Waals surface area contributed by atoms with E-state index in [0.29, 0.717) is 12.5 Å². The molecule has 5 nitrogen and oxygen atoms in total. The number of carbonyl (C=O) groups excluding carboxylic acids is 1. The molecule has 0 saturated carbocycles. The summed E-state index contributed by atoms with van der Waals surface area (Å²) in [6, 6.07) is 18.3. The maximum Gasteiger partial charge on any atom is 0.321 e. The fourth-order valence-corrected chi connectivity index (χ4v) is 4.99. The number of hydrogen-bond acceptors (Lipinski definition) is 3. The highest BCUT2D eigenvalue weighted by Crippen LogP contribution is 2.42. The number of aliphatic hydroxyl groups is 1. The van der Waals surface area contributed by atoms with Gasteiger partial charge in [0.25, 0.3) is 0 Å². The molecule has 2 aliphatic heterocycles. The lowest BCUT2D eigenvalue weighted by Crippen LogP contribution is -2.68. The third-order valence-corrected chi connectivity index (χ3v) is 6.72. The number of para-hydroxylation sites is 1. The summed E-state index contributed by atoms with van der Waals surface area (Å²) in [5.74, 6) is 7.28. The van der Waals surface area contributed by atoms with E-state index in [0.717, 1.165) is 43.6 Å². The summed E-state index contributed by atoms with van der Waals surface area (Å²) in [6.45, 7) is 6.87. The van der Waals surface area contributed by atoms with Gasteiger partial charge in [0.15, 0.2) is 0 Å². The first-order valence-electron chi connectivity index (χ1n) is 12.1.